The number of amides is 3. The van der Waals surface area contributed by atoms with Crippen LogP contribution in [0.25, 0.3) is 0 Å². The summed E-state index contributed by atoms with van der Waals surface area (Å²) in [4.78, 5) is 66.1. The molecule has 9 heteroatoms. The van der Waals surface area contributed by atoms with Gasteiger partial charge in [-0.3, -0.25) is 29.3 Å². The minimum Gasteiger partial charge on any atom is -0.316 e. The topological polar surface area (TPSA) is 118 Å². The molecule has 2 atom stereocenters. The minimum absolute atomic E-state index is 0.0493. The van der Waals surface area contributed by atoms with Crippen molar-refractivity contribution in [3.63, 3.8) is 0 Å². The highest BCUT2D eigenvalue weighted by Gasteiger charge is 2.56. The lowest BCUT2D eigenvalue weighted by Crippen LogP contribution is -2.29. The summed E-state index contributed by atoms with van der Waals surface area (Å²) in [6, 6.07) is 26.2. The van der Waals surface area contributed by atoms with Crippen LogP contribution in [0, 0.1) is 10.1 Å². The number of fused-ring (bicyclic) bond motifs is 1. The van der Waals surface area contributed by atoms with Gasteiger partial charge in [-0.15, -0.1) is 0 Å². The van der Waals surface area contributed by atoms with E-state index in [-0.39, 0.29) is 33.8 Å². The van der Waals surface area contributed by atoms with Crippen molar-refractivity contribution in [1.29, 1.82) is 0 Å². The summed E-state index contributed by atoms with van der Waals surface area (Å²) < 4.78 is 0. The Morgan fingerprint density at radius 1 is 0.718 bits per heavy atom. The predicted octanol–water partition coefficient (Wildman–Crippen LogP) is 4.84. The Kier molecular flexibility index (Phi) is 5.61. The van der Waals surface area contributed by atoms with E-state index in [9.17, 15) is 29.3 Å². The third-order valence-corrected chi connectivity index (χ3v) is 6.96. The molecule has 0 aromatic heterocycles. The Hall–Kier alpha value is -5.44. The molecule has 39 heavy (non-hydrogen) atoms. The number of imide groups is 1. The third kappa shape index (κ3) is 3.97. The van der Waals surface area contributed by atoms with Crippen LogP contribution in [0.1, 0.15) is 53.0 Å². The Morgan fingerprint density at radius 2 is 1.33 bits per heavy atom. The number of carbonyl (C=O) groups excluding carboxylic acids is 4. The molecule has 6 rings (SSSR count). The Labute approximate surface area is 222 Å². The molecule has 9 nitrogen and oxygen atoms in total. The number of non-ortho nitro benzene ring substituents is 1. The van der Waals surface area contributed by atoms with Crippen molar-refractivity contribution in [2.75, 3.05) is 4.90 Å². The molecule has 0 radical (unpaired) electrons. The average molecular weight is 517 g/mol. The van der Waals surface area contributed by atoms with Gasteiger partial charge >= 0.3 is 0 Å². The van der Waals surface area contributed by atoms with E-state index in [0.717, 1.165) is 10.5 Å². The smallest absolute Gasteiger partial charge is 0.269 e. The van der Waals surface area contributed by atoms with Crippen molar-refractivity contribution < 1.29 is 24.1 Å². The van der Waals surface area contributed by atoms with Crippen LogP contribution in [-0.2, 0) is 0 Å². The number of rotatable bonds is 6. The van der Waals surface area contributed by atoms with Crippen LogP contribution in [0.15, 0.2) is 103 Å². The number of carbonyl (C=O) groups is 4. The summed E-state index contributed by atoms with van der Waals surface area (Å²) in [7, 11) is 0. The zero-order valence-corrected chi connectivity index (χ0v) is 20.3. The van der Waals surface area contributed by atoms with E-state index in [4.69, 9.17) is 0 Å². The second-order valence-corrected chi connectivity index (χ2v) is 9.22. The molecule has 3 amide bonds. The van der Waals surface area contributed by atoms with E-state index in [2.05, 4.69) is 0 Å². The fourth-order valence-electron chi connectivity index (χ4n) is 5.00. The quantitative estimate of drug-likeness (QED) is 0.119. The van der Waals surface area contributed by atoms with Gasteiger partial charge in [0.2, 0.25) is 0 Å². The van der Waals surface area contributed by atoms with Crippen LogP contribution in [0.2, 0.25) is 0 Å². The van der Waals surface area contributed by atoms with Crippen LogP contribution < -0.4 is 4.90 Å². The molecular formula is C30H19N3O6. The van der Waals surface area contributed by atoms with Gasteiger partial charge in [0.15, 0.2) is 5.78 Å². The number of nitro benzene ring substituents is 1. The van der Waals surface area contributed by atoms with Crippen molar-refractivity contribution in [2.24, 2.45) is 0 Å². The highest BCUT2D eigenvalue weighted by Crippen LogP contribution is 2.46. The third-order valence-electron chi connectivity index (χ3n) is 6.96. The van der Waals surface area contributed by atoms with E-state index < -0.39 is 34.7 Å². The number of benzene rings is 4. The molecule has 1 saturated heterocycles. The van der Waals surface area contributed by atoms with Crippen LogP contribution in [-0.4, -0.2) is 39.4 Å². The van der Waals surface area contributed by atoms with Crippen molar-refractivity contribution in [3.8, 4) is 0 Å². The lowest BCUT2D eigenvalue weighted by atomic mass is 10.0. The van der Waals surface area contributed by atoms with Gasteiger partial charge in [-0.05, 0) is 35.9 Å². The standard InChI is InChI=1S/C30H19N3O6/c34-27(19-9-5-2-6-10-19)26-25(18-7-3-1-4-8-18)32(26)28(35)20-11-16-23-24(17-20)30(37)31(29(23)36)21-12-14-22(15-13-21)33(38)39/h1-17,25-26H/t25-,26+,32?/m0/s1. The summed E-state index contributed by atoms with van der Waals surface area (Å²) in [5, 5.41) is 11.0. The van der Waals surface area contributed by atoms with E-state index in [1.54, 1.807) is 24.3 Å². The second-order valence-electron chi connectivity index (χ2n) is 9.22. The lowest BCUT2D eigenvalue weighted by molar-refractivity contribution is -0.384. The molecule has 0 aliphatic carbocycles. The summed E-state index contributed by atoms with van der Waals surface area (Å²) in [5.74, 6) is -1.85. The molecule has 2 aliphatic heterocycles. The fraction of sp³-hybridized carbons (Fsp3) is 0.0667. The second kappa shape index (κ2) is 9.14. The van der Waals surface area contributed by atoms with Crippen molar-refractivity contribution in [1.82, 2.24) is 4.90 Å². The number of hydrogen-bond acceptors (Lipinski definition) is 6. The van der Waals surface area contributed by atoms with Crippen LogP contribution >= 0.6 is 0 Å². The first-order valence-electron chi connectivity index (χ1n) is 12.1. The van der Waals surface area contributed by atoms with Gasteiger partial charge in [0.05, 0.1) is 27.8 Å². The lowest BCUT2D eigenvalue weighted by Gasteiger charge is -2.13. The van der Waals surface area contributed by atoms with Gasteiger partial charge in [0.25, 0.3) is 23.4 Å². The van der Waals surface area contributed by atoms with Gasteiger partial charge in [0, 0.05) is 23.3 Å². The predicted molar refractivity (Wildman–Crippen MR) is 141 cm³/mol. The average Bonchev–Trinajstić information content (AvgIpc) is 3.67. The van der Waals surface area contributed by atoms with Crippen molar-refractivity contribution >= 4 is 34.9 Å². The Morgan fingerprint density at radius 3 is 1.97 bits per heavy atom. The van der Waals surface area contributed by atoms with Gasteiger partial charge in [-0.25, -0.2) is 4.90 Å². The summed E-state index contributed by atoms with van der Waals surface area (Å²) >= 11 is 0. The molecule has 2 heterocycles. The zero-order valence-electron chi connectivity index (χ0n) is 20.3. The monoisotopic (exact) mass is 517 g/mol. The van der Waals surface area contributed by atoms with Crippen LogP contribution in [0.4, 0.5) is 11.4 Å². The van der Waals surface area contributed by atoms with E-state index in [1.807, 2.05) is 36.4 Å². The van der Waals surface area contributed by atoms with Gasteiger partial charge in [-0.1, -0.05) is 60.7 Å². The molecule has 0 saturated carbocycles. The minimum atomic E-state index is -0.704. The molecule has 2 aliphatic rings. The SMILES string of the molecule is O=C(c1ccccc1)[C@H]1[C@H](c2ccccc2)N1C(=O)c1ccc2c(c1)C(=O)N(c1ccc([N+](=O)[O-])cc1)C2=O. The maximum absolute atomic E-state index is 13.7. The van der Waals surface area contributed by atoms with Gasteiger partial charge in [0.1, 0.15) is 6.04 Å². The molecule has 1 fully saturated rings. The maximum Gasteiger partial charge on any atom is 0.269 e. The summed E-state index contributed by atoms with van der Waals surface area (Å²) in [5.41, 5.74) is 1.66. The first kappa shape index (κ1) is 23.9. The zero-order chi connectivity index (χ0) is 27.3. The highest BCUT2D eigenvalue weighted by atomic mass is 16.6. The van der Waals surface area contributed by atoms with Crippen molar-refractivity contribution in [2.45, 2.75) is 12.1 Å². The van der Waals surface area contributed by atoms with E-state index in [1.165, 1.54) is 47.4 Å². The van der Waals surface area contributed by atoms with Crippen LogP contribution in [0.3, 0.4) is 0 Å². The molecule has 0 N–H and O–H groups in total. The normalized spacial score (nSPS) is 17.6. The Bertz CT molecular complexity index is 1670. The molecule has 0 spiro atoms. The van der Waals surface area contributed by atoms with Crippen LogP contribution in [0.5, 0.6) is 0 Å². The number of Topliss-reactive ketones (excluding diaryl/α,β-unsaturated/α-hetero) is 1. The highest BCUT2D eigenvalue weighted by molar-refractivity contribution is 6.34. The molecular weight excluding hydrogens is 498 g/mol. The largest absolute Gasteiger partial charge is 0.316 e. The summed E-state index contributed by atoms with van der Waals surface area (Å²) in [6.07, 6.45) is 0. The maximum atomic E-state index is 13.7. The fourth-order valence-corrected chi connectivity index (χ4v) is 5.00. The van der Waals surface area contributed by atoms with Gasteiger partial charge in [-0.2, -0.15) is 0 Å². The number of anilines is 1. The van der Waals surface area contributed by atoms with Crippen molar-refractivity contribution in [3.05, 3.63) is 141 Å². The molecule has 0 unspecified atom stereocenters. The molecule has 0 bridgehead atoms. The van der Waals surface area contributed by atoms with Gasteiger partial charge < -0.3 is 4.90 Å². The molecule has 4 aromatic carbocycles. The summed E-state index contributed by atoms with van der Waals surface area (Å²) in [6.45, 7) is 0. The number of hydrogen-bond donors (Lipinski definition) is 0. The van der Waals surface area contributed by atoms with E-state index >= 15 is 0 Å². The Balaban J connectivity index is 1.31. The molecule has 4 aromatic rings. The van der Waals surface area contributed by atoms with E-state index in [0.29, 0.717) is 5.56 Å². The number of nitro groups is 1. The first-order chi connectivity index (χ1) is 18.9. The number of ketones is 1. The first-order valence-corrected chi connectivity index (χ1v) is 12.1. The number of nitrogens with zero attached hydrogens (tertiary/aromatic N) is 3. The molecule has 190 valence electrons.